The smallest absolute Gasteiger partial charge is 0.135 e. The summed E-state index contributed by atoms with van der Waals surface area (Å²) < 4.78 is 7.42. The zero-order valence-electron chi connectivity index (χ0n) is 12.2. The van der Waals surface area contributed by atoms with Crippen LogP contribution in [-0.4, -0.2) is 17.1 Å². The van der Waals surface area contributed by atoms with E-state index in [1.54, 1.807) is 24.6 Å². The minimum atomic E-state index is 0.769. The Balaban J connectivity index is 1.80. The van der Waals surface area contributed by atoms with Crippen LogP contribution < -0.4 is 10.1 Å². The summed E-state index contributed by atoms with van der Waals surface area (Å²) in [6.07, 6.45) is 1.79. The molecular weight excluding hydrogens is 374 g/mol. The molecule has 2 heterocycles. The van der Waals surface area contributed by atoms with Gasteiger partial charge in [-0.05, 0) is 46.3 Å². The summed E-state index contributed by atoms with van der Waals surface area (Å²) in [5.74, 6) is 0.769. The van der Waals surface area contributed by atoms with Crippen molar-refractivity contribution < 1.29 is 4.74 Å². The van der Waals surface area contributed by atoms with Crippen molar-refractivity contribution in [3.05, 3.63) is 52.6 Å². The largest absolute Gasteiger partial charge is 0.495 e. The quantitative estimate of drug-likeness (QED) is 0.515. The van der Waals surface area contributed by atoms with Gasteiger partial charge in [-0.2, -0.15) is 0 Å². The third-order valence-corrected chi connectivity index (χ3v) is 5.05. The molecule has 114 valence electrons. The number of hydrogen-bond donors (Lipinski definition) is 1. The summed E-state index contributed by atoms with van der Waals surface area (Å²) in [6.45, 7) is 0. The fraction of sp³-hybridized carbons (Fsp3) is 0.0588. The van der Waals surface area contributed by atoms with Crippen molar-refractivity contribution >= 4 is 59.8 Å². The maximum Gasteiger partial charge on any atom is 0.135 e. The van der Waals surface area contributed by atoms with Crippen molar-refractivity contribution in [2.24, 2.45) is 0 Å². The van der Waals surface area contributed by atoms with E-state index in [-0.39, 0.29) is 0 Å². The molecule has 0 aliphatic heterocycles. The van der Waals surface area contributed by atoms with E-state index in [9.17, 15) is 0 Å². The normalized spacial score (nSPS) is 11.0. The number of hydrogen-bond acceptors (Lipinski definition) is 5. The molecule has 2 aromatic carbocycles. The number of nitrogens with zero attached hydrogens (tertiary/aromatic N) is 2. The van der Waals surface area contributed by atoms with Crippen LogP contribution in [0.3, 0.4) is 0 Å². The molecule has 23 heavy (non-hydrogen) atoms. The highest BCUT2D eigenvalue weighted by Crippen LogP contribution is 2.34. The summed E-state index contributed by atoms with van der Waals surface area (Å²) in [4.78, 5) is 8.79. The topological polar surface area (TPSA) is 47.0 Å². The molecule has 2 aromatic heterocycles. The number of anilines is 2. The summed E-state index contributed by atoms with van der Waals surface area (Å²) in [5.41, 5.74) is 5.74. The van der Waals surface area contributed by atoms with Gasteiger partial charge in [0.25, 0.3) is 0 Å². The fourth-order valence-electron chi connectivity index (χ4n) is 2.50. The Hall–Kier alpha value is -2.18. The van der Waals surface area contributed by atoms with Crippen LogP contribution in [-0.2, 0) is 0 Å². The van der Waals surface area contributed by atoms with E-state index in [1.165, 1.54) is 4.70 Å². The minimum absolute atomic E-state index is 0.769. The Morgan fingerprint density at radius 1 is 1.09 bits per heavy atom. The predicted molar refractivity (Wildman–Crippen MR) is 98.9 cm³/mol. The van der Waals surface area contributed by atoms with Gasteiger partial charge in [0.15, 0.2) is 0 Å². The zero-order chi connectivity index (χ0) is 15.8. The molecule has 0 saturated heterocycles. The predicted octanol–water partition coefficient (Wildman–Crippen LogP) is 5.36. The average molecular weight is 386 g/mol. The molecule has 0 saturated carbocycles. The van der Waals surface area contributed by atoms with Gasteiger partial charge in [0.2, 0.25) is 0 Å². The maximum atomic E-state index is 5.34. The van der Waals surface area contributed by atoms with Crippen molar-refractivity contribution in [3.63, 3.8) is 0 Å². The fourth-order valence-corrected chi connectivity index (χ4v) is 3.67. The first kappa shape index (κ1) is 14.4. The van der Waals surface area contributed by atoms with Crippen LogP contribution in [0.15, 0.2) is 52.6 Å². The number of rotatable bonds is 3. The van der Waals surface area contributed by atoms with Crippen molar-refractivity contribution in [3.8, 4) is 5.75 Å². The highest BCUT2D eigenvalue weighted by Gasteiger charge is 2.08. The molecule has 4 rings (SSSR count). The van der Waals surface area contributed by atoms with Crippen LogP contribution in [0.2, 0.25) is 0 Å². The van der Waals surface area contributed by atoms with E-state index in [0.717, 1.165) is 38.0 Å². The van der Waals surface area contributed by atoms with Gasteiger partial charge in [0, 0.05) is 29.0 Å². The van der Waals surface area contributed by atoms with E-state index < -0.39 is 0 Å². The standard InChI is InChI=1S/C17H12BrN3OS/c1-22-16-8-14-11(7-12(16)18)13(4-5-19-14)21-10-2-3-17-15(6-10)20-9-23-17/h2-9H,1H3,(H,19,21). The molecule has 0 unspecified atom stereocenters. The van der Waals surface area contributed by atoms with Crippen LogP contribution in [0.1, 0.15) is 0 Å². The summed E-state index contributed by atoms with van der Waals surface area (Å²) in [5, 5.41) is 4.48. The molecule has 4 aromatic rings. The van der Waals surface area contributed by atoms with Gasteiger partial charge < -0.3 is 10.1 Å². The van der Waals surface area contributed by atoms with Crippen LogP contribution in [0.4, 0.5) is 11.4 Å². The van der Waals surface area contributed by atoms with Crippen molar-refractivity contribution in [1.82, 2.24) is 9.97 Å². The van der Waals surface area contributed by atoms with Gasteiger partial charge in [-0.15, -0.1) is 11.3 Å². The molecule has 1 N–H and O–H groups in total. The Morgan fingerprint density at radius 3 is 2.87 bits per heavy atom. The summed E-state index contributed by atoms with van der Waals surface area (Å²) >= 11 is 5.18. The first-order chi connectivity index (χ1) is 11.2. The van der Waals surface area contributed by atoms with Gasteiger partial charge in [0.1, 0.15) is 5.75 Å². The lowest BCUT2D eigenvalue weighted by Gasteiger charge is -2.11. The molecule has 0 aliphatic rings. The van der Waals surface area contributed by atoms with E-state index in [2.05, 4.69) is 49.4 Å². The third-order valence-electron chi connectivity index (χ3n) is 3.62. The first-order valence-electron chi connectivity index (χ1n) is 6.97. The molecule has 0 aliphatic carbocycles. The number of ether oxygens (including phenoxy) is 1. The molecule has 0 radical (unpaired) electrons. The Bertz CT molecular complexity index is 1020. The van der Waals surface area contributed by atoms with Crippen molar-refractivity contribution in [2.45, 2.75) is 0 Å². The van der Waals surface area contributed by atoms with Crippen LogP contribution in [0.25, 0.3) is 21.1 Å². The Morgan fingerprint density at radius 2 is 2.00 bits per heavy atom. The molecule has 0 bridgehead atoms. The average Bonchev–Trinajstić information content (AvgIpc) is 3.02. The van der Waals surface area contributed by atoms with E-state index in [1.807, 2.05) is 23.7 Å². The molecular formula is C17H12BrN3OS. The molecule has 0 atom stereocenters. The number of halogens is 1. The third kappa shape index (κ3) is 2.64. The van der Waals surface area contributed by atoms with Gasteiger partial charge in [-0.3, -0.25) is 4.98 Å². The van der Waals surface area contributed by atoms with Gasteiger partial charge in [-0.1, -0.05) is 0 Å². The van der Waals surface area contributed by atoms with E-state index in [0.29, 0.717) is 0 Å². The monoisotopic (exact) mass is 385 g/mol. The second-order valence-electron chi connectivity index (χ2n) is 5.02. The zero-order valence-corrected chi connectivity index (χ0v) is 14.6. The SMILES string of the molecule is COc1cc2nccc(Nc3ccc4scnc4c3)c2cc1Br. The lowest BCUT2D eigenvalue weighted by molar-refractivity contribution is 0.412. The number of pyridine rings is 1. The van der Waals surface area contributed by atoms with Crippen molar-refractivity contribution in [2.75, 3.05) is 12.4 Å². The molecule has 4 nitrogen and oxygen atoms in total. The Kier molecular flexibility index (Phi) is 3.63. The van der Waals surface area contributed by atoms with Crippen molar-refractivity contribution in [1.29, 1.82) is 0 Å². The molecule has 6 heteroatoms. The van der Waals surface area contributed by atoms with Crippen LogP contribution in [0.5, 0.6) is 5.75 Å². The van der Waals surface area contributed by atoms with E-state index in [4.69, 9.17) is 4.74 Å². The number of aromatic nitrogens is 2. The second kappa shape index (κ2) is 5.79. The lowest BCUT2D eigenvalue weighted by atomic mass is 10.1. The van der Waals surface area contributed by atoms with E-state index >= 15 is 0 Å². The summed E-state index contributed by atoms with van der Waals surface area (Å²) in [6, 6.07) is 12.1. The number of thiazole rings is 1. The molecule has 0 fully saturated rings. The second-order valence-corrected chi connectivity index (χ2v) is 6.76. The number of fused-ring (bicyclic) bond motifs is 2. The maximum absolute atomic E-state index is 5.34. The van der Waals surface area contributed by atoms with Crippen LogP contribution in [0, 0.1) is 0 Å². The van der Waals surface area contributed by atoms with Gasteiger partial charge >= 0.3 is 0 Å². The minimum Gasteiger partial charge on any atom is -0.495 e. The highest BCUT2D eigenvalue weighted by atomic mass is 79.9. The highest BCUT2D eigenvalue weighted by molar-refractivity contribution is 9.10. The Labute approximate surface area is 145 Å². The van der Waals surface area contributed by atoms with Gasteiger partial charge in [0.05, 0.1) is 32.8 Å². The lowest BCUT2D eigenvalue weighted by Crippen LogP contribution is -1.94. The number of benzene rings is 2. The van der Waals surface area contributed by atoms with Crippen LogP contribution >= 0.6 is 27.3 Å². The molecule has 0 spiro atoms. The number of methoxy groups -OCH3 is 1. The first-order valence-corrected chi connectivity index (χ1v) is 8.64. The summed E-state index contributed by atoms with van der Waals surface area (Å²) in [7, 11) is 1.65. The molecule has 0 amide bonds. The number of nitrogens with one attached hydrogen (secondary N) is 1. The van der Waals surface area contributed by atoms with Gasteiger partial charge in [-0.25, -0.2) is 4.98 Å².